The molecule has 0 atom stereocenters. The SMILES string of the molecule is C=CCN=c1scc(-c2cccc(Br)c2)n1N=Cc1cc(OC)ccc1OC. The van der Waals surface area contributed by atoms with Crippen LogP contribution in [0, 0.1) is 0 Å². The van der Waals surface area contributed by atoms with Gasteiger partial charge < -0.3 is 9.47 Å². The third-order valence-electron chi connectivity index (χ3n) is 3.91. The van der Waals surface area contributed by atoms with E-state index in [0.29, 0.717) is 12.3 Å². The first-order valence-corrected chi connectivity index (χ1v) is 10.2. The summed E-state index contributed by atoms with van der Waals surface area (Å²) in [6, 6.07) is 13.7. The summed E-state index contributed by atoms with van der Waals surface area (Å²) in [5.74, 6) is 1.45. The molecule has 5 nitrogen and oxygen atoms in total. The van der Waals surface area contributed by atoms with E-state index in [4.69, 9.17) is 14.6 Å². The van der Waals surface area contributed by atoms with Gasteiger partial charge in [0.1, 0.15) is 11.5 Å². The van der Waals surface area contributed by atoms with Gasteiger partial charge in [-0.2, -0.15) is 5.10 Å². The molecule has 0 bridgehead atoms. The van der Waals surface area contributed by atoms with E-state index in [1.807, 2.05) is 46.5 Å². The number of aromatic nitrogens is 1. The van der Waals surface area contributed by atoms with E-state index in [2.05, 4.69) is 33.6 Å². The standard InChI is InChI=1S/C21H20BrN3O2S/c1-4-10-23-21-25(19(14-28-21)15-6-5-7-17(22)11-15)24-13-16-12-18(26-2)8-9-20(16)27-3/h4-9,11-14H,1,10H2,2-3H3. The summed E-state index contributed by atoms with van der Waals surface area (Å²) in [6.45, 7) is 4.27. The van der Waals surface area contributed by atoms with E-state index in [0.717, 1.165) is 31.8 Å². The molecule has 3 rings (SSSR count). The first-order valence-electron chi connectivity index (χ1n) is 8.50. The predicted octanol–water partition coefficient (Wildman–Crippen LogP) is 4.97. The van der Waals surface area contributed by atoms with Crippen molar-refractivity contribution in [1.29, 1.82) is 0 Å². The lowest BCUT2D eigenvalue weighted by Gasteiger charge is -2.08. The molecule has 0 amide bonds. The molecule has 0 saturated heterocycles. The molecule has 144 valence electrons. The second-order valence-electron chi connectivity index (χ2n) is 5.71. The van der Waals surface area contributed by atoms with Gasteiger partial charge in [-0.25, -0.2) is 4.68 Å². The predicted molar refractivity (Wildman–Crippen MR) is 119 cm³/mol. The van der Waals surface area contributed by atoms with Crippen LogP contribution in [0.15, 0.2) is 75.1 Å². The highest BCUT2D eigenvalue weighted by molar-refractivity contribution is 9.10. The molecule has 0 spiro atoms. The summed E-state index contributed by atoms with van der Waals surface area (Å²) < 4.78 is 13.6. The number of methoxy groups -OCH3 is 2. The summed E-state index contributed by atoms with van der Waals surface area (Å²) in [7, 11) is 3.27. The molecule has 28 heavy (non-hydrogen) atoms. The van der Waals surface area contributed by atoms with Gasteiger partial charge in [-0.1, -0.05) is 34.1 Å². The van der Waals surface area contributed by atoms with Gasteiger partial charge in [0.25, 0.3) is 0 Å². The summed E-state index contributed by atoms with van der Waals surface area (Å²) in [4.78, 5) is 5.35. The lowest BCUT2D eigenvalue weighted by atomic mass is 10.2. The highest BCUT2D eigenvalue weighted by atomic mass is 79.9. The number of ether oxygens (including phenoxy) is 2. The maximum absolute atomic E-state index is 5.44. The van der Waals surface area contributed by atoms with E-state index in [1.165, 1.54) is 11.3 Å². The van der Waals surface area contributed by atoms with Crippen LogP contribution in [0.3, 0.4) is 0 Å². The average Bonchev–Trinajstić information content (AvgIpc) is 3.13. The van der Waals surface area contributed by atoms with Gasteiger partial charge in [0.15, 0.2) is 0 Å². The highest BCUT2D eigenvalue weighted by Gasteiger charge is 2.09. The van der Waals surface area contributed by atoms with Gasteiger partial charge in [0, 0.05) is 21.0 Å². The number of nitrogens with zero attached hydrogens (tertiary/aromatic N) is 3. The minimum absolute atomic E-state index is 0.524. The molecule has 0 fully saturated rings. The molecule has 0 saturated carbocycles. The van der Waals surface area contributed by atoms with E-state index >= 15 is 0 Å². The van der Waals surface area contributed by atoms with Crippen molar-refractivity contribution in [2.75, 3.05) is 20.8 Å². The second kappa shape index (κ2) is 9.52. The van der Waals surface area contributed by atoms with E-state index in [1.54, 1.807) is 26.5 Å². The number of hydrogen-bond acceptors (Lipinski definition) is 5. The number of benzene rings is 2. The number of halogens is 1. The van der Waals surface area contributed by atoms with Crippen LogP contribution >= 0.6 is 27.3 Å². The number of hydrogen-bond donors (Lipinski definition) is 0. The van der Waals surface area contributed by atoms with Crippen LogP contribution in [0.25, 0.3) is 11.3 Å². The fourth-order valence-corrected chi connectivity index (χ4v) is 3.81. The molecule has 0 aliphatic heterocycles. The van der Waals surface area contributed by atoms with Crippen molar-refractivity contribution in [1.82, 2.24) is 4.68 Å². The Morgan fingerprint density at radius 1 is 1.18 bits per heavy atom. The Kier molecular flexibility index (Phi) is 6.84. The molecule has 7 heteroatoms. The number of rotatable bonds is 7. The molecule has 2 aromatic carbocycles. The van der Waals surface area contributed by atoms with Gasteiger partial charge >= 0.3 is 0 Å². The van der Waals surface area contributed by atoms with Crippen molar-refractivity contribution in [2.24, 2.45) is 10.1 Å². The fourth-order valence-electron chi connectivity index (χ4n) is 2.57. The largest absolute Gasteiger partial charge is 0.497 e. The first kappa shape index (κ1) is 20.1. The molecule has 1 aromatic heterocycles. The maximum Gasteiger partial charge on any atom is 0.206 e. The average molecular weight is 458 g/mol. The Hall–Kier alpha value is -2.64. The summed E-state index contributed by atoms with van der Waals surface area (Å²) in [5, 5.41) is 6.75. The van der Waals surface area contributed by atoms with Crippen molar-refractivity contribution in [3.05, 3.63) is 75.3 Å². The van der Waals surface area contributed by atoms with Crippen molar-refractivity contribution >= 4 is 33.5 Å². The Labute approximate surface area is 176 Å². The van der Waals surface area contributed by atoms with Crippen LogP contribution in [-0.4, -0.2) is 31.7 Å². The van der Waals surface area contributed by atoms with Crippen LogP contribution in [0.2, 0.25) is 0 Å². The molecular formula is C21H20BrN3O2S. The highest BCUT2D eigenvalue weighted by Crippen LogP contribution is 2.25. The van der Waals surface area contributed by atoms with Crippen molar-refractivity contribution in [2.45, 2.75) is 0 Å². The van der Waals surface area contributed by atoms with Crippen LogP contribution in [-0.2, 0) is 0 Å². The van der Waals surface area contributed by atoms with Gasteiger partial charge in [-0.3, -0.25) is 4.99 Å². The zero-order valence-electron chi connectivity index (χ0n) is 15.6. The molecular weight excluding hydrogens is 438 g/mol. The third kappa shape index (κ3) is 4.61. The number of thiazole rings is 1. The molecule has 0 aliphatic rings. The maximum atomic E-state index is 5.44. The van der Waals surface area contributed by atoms with Gasteiger partial charge in [-0.15, -0.1) is 17.9 Å². The fraction of sp³-hybridized carbons (Fsp3) is 0.143. The zero-order valence-corrected chi connectivity index (χ0v) is 18.0. The quantitative estimate of drug-likeness (QED) is 0.371. The van der Waals surface area contributed by atoms with Crippen LogP contribution in [0.4, 0.5) is 0 Å². The van der Waals surface area contributed by atoms with Crippen molar-refractivity contribution < 1.29 is 9.47 Å². The first-order chi connectivity index (χ1) is 13.7. The molecule has 0 aliphatic carbocycles. The third-order valence-corrected chi connectivity index (χ3v) is 5.26. The molecule has 0 radical (unpaired) electrons. The lowest BCUT2D eigenvalue weighted by Crippen LogP contribution is -2.12. The smallest absolute Gasteiger partial charge is 0.206 e. The summed E-state index contributed by atoms with van der Waals surface area (Å²) >= 11 is 5.06. The van der Waals surface area contributed by atoms with Crippen molar-refractivity contribution in [3.63, 3.8) is 0 Å². The van der Waals surface area contributed by atoms with Crippen molar-refractivity contribution in [3.8, 4) is 22.8 Å². The minimum Gasteiger partial charge on any atom is -0.497 e. The second-order valence-corrected chi connectivity index (χ2v) is 7.46. The lowest BCUT2D eigenvalue weighted by molar-refractivity contribution is 0.402. The molecule has 1 heterocycles. The molecule has 3 aromatic rings. The van der Waals surface area contributed by atoms with Gasteiger partial charge in [-0.05, 0) is 30.3 Å². The van der Waals surface area contributed by atoms with E-state index in [-0.39, 0.29) is 0 Å². The van der Waals surface area contributed by atoms with Crippen LogP contribution in [0.5, 0.6) is 11.5 Å². The summed E-state index contributed by atoms with van der Waals surface area (Å²) in [6.07, 6.45) is 3.51. The molecule has 0 N–H and O–H groups in total. The monoisotopic (exact) mass is 457 g/mol. The summed E-state index contributed by atoms with van der Waals surface area (Å²) in [5.41, 5.74) is 2.81. The molecule has 0 unspecified atom stereocenters. The zero-order chi connectivity index (χ0) is 19.9. The van der Waals surface area contributed by atoms with Gasteiger partial charge in [0.05, 0.1) is 32.7 Å². The van der Waals surface area contributed by atoms with E-state index in [9.17, 15) is 0 Å². The minimum atomic E-state index is 0.524. The van der Waals surface area contributed by atoms with Crippen LogP contribution < -0.4 is 14.3 Å². The Morgan fingerprint density at radius 3 is 2.75 bits per heavy atom. The van der Waals surface area contributed by atoms with Crippen LogP contribution in [0.1, 0.15) is 5.56 Å². The topological polar surface area (TPSA) is 48.1 Å². The normalized spacial score (nSPS) is 11.8. The van der Waals surface area contributed by atoms with Gasteiger partial charge in [0.2, 0.25) is 4.80 Å². The Morgan fingerprint density at radius 2 is 2.04 bits per heavy atom. The van der Waals surface area contributed by atoms with E-state index < -0.39 is 0 Å². The Bertz CT molecular complexity index is 1070. The Balaban J connectivity index is 2.11.